The summed E-state index contributed by atoms with van der Waals surface area (Å²) >= 11 is 1.30. The van der Waals surface area contributed by atoms with Crippen LogP contribution in [0.4, 0.5) is 10.5 Å². The maximum Gasteiger partial charge on any atom is 0.407 e. The average Bonchev–Trinajstić information content (AvgIpc) is 3.53. The third-order valence-electron chi connectivity index (χ3n) is 7.39. The van der Waals surface area contributed by atoms with Gasteiger partial charge in [-0.1, -0.05) is 74.5 Å². The second kappa shape index (κ2) is 15.9. The van der Waals surface area contributed by atoms with Crippen molar-refractivity contribution in [2.75, 3.05) is 26.0 Å². The van der Waals surface area contributed by atoms with E-state index in [0.29, 0.717) is 10.6 Å². The number of nitrogen functional groups attached to an aromatic ring is 1. The van der Waals surface area contributed by atoms with Crippen LogP contribution in [0.15, 0.2) is 102 Å². The van der Waals surface area contributed by atoms with Crippen LogP contribution in [0.25, 0.3) is 0 Å². The first-order valence-electron chi connectivity index (χ1n) is 14.8. The van der Waals surface area contributed by atoms with Crippen LogP contribution in [0, 0.1) is 5.92 Å². The molecule has 2 amide bonds. The zero-order valence-corrected chi connectivity index (χ0v) is 27.6. The molecule has 0 aliphatic carbocycles. The van der Waals surface area contributed by atoms with Gasteiger partial charge in [0, 0.05) is 27.9 Å². The lowest BCUT2D eigenvalue weighted by atomic mass is 9.84. The van der Waals surface area contributed by atoms with Gasteiger partial charge < -0.3 is 26.2 Å². The van der Waals surface area contributed by atoms with Gasteiger partial charge in [0.25, 0.3) is 0 Å². The fraction of sp³-hybridized carbons (Fsp3) is 0.294. The first-order valence-corrected chi connectivity index (χ1v) is 17.1. The Labute approximate surface area is 274 Å². The number of benzene rings is 3. The number of carbonyl (C=O) groups is 2. The largest absolute Gasteiger partial charge is 0.453 e. The Morgan fingerprint density at radius 1 is 0.913 bits per heavy atom. The number of anilines is 1. The van der Waals surface area contributed by atoms with E-state index in [1.54, 1.807) is 12.1 Å². The lowest BCUT2D eigenvalue weighted by Crippen LogP contribution is -2.50. The Morgan fingerprint density at radius 2 is 1.50 bits per heavy atom. The van der Waals surface area contributed by atoms with Gasteiger partial charge in [0.15, 0.2) is 0 Å². The van der Waals surface area contributed by atoms with Gasteiger partial charge in [-0.15, -0.1) is 11.3 Å². The Bertz CT molecular complexity index is 1640. The van der Waals surface area contributed by atoms with Crippen molar-refractivity contribution in [2.24, 2.45) is 5.92 Å². The number of nitrogens with two attached hydrogens (primary N) is 1. The van der Waals surface area contributed by atoms with Crippen LogP contribution in [0.1, 0.15) is 46.7 Å². The maximum absolute atomic E-state index is 13.8. The molecule has 1 heterocycles. The van der Waals surface area contributed by atoms with Crippen molar-refractivity contribution >= 4 is 39.0 Å². The average molecular weight is 665 g/mol. The first kappa shape index (κ1) is 34.6. The van der Waals surface area contributed by atoms with Crippen molar-refractivity contribution in [1.29, 1.82) is 0 Å². The second-order valence-corrected chi connectivity index (χ2v) is 14.3. The summed E-state index contributed by atoms with van der Waals surface area (Å²) in [5, 5.41) is 16.1. The molecule has 0 unspecified atom stereocenters. The summed E-state index contributed by atoms with van der Waals surface area (Å²) in [7, 11) is -2.73. The Hall–Kier alpha value is -4.23. The molecule has 244 valence electrons. The van der Waals surface area contributed by atoms with Crippen molar-refractivity contribution < 1.29 is 27.9 Å². The number of methoxy groups -OCH3 is 1. The number of nitrogens with one attached hydrogen (secondary N) is 2. The maximum atomic E-state index is 13.8. The lowest BCUT2D eigenvalue weighted by molar-refractivity contribution is -0.123. The molecule has 3 aromatic carbocycles. The molecule has 0 saturated carbocycles. The number of rotatable bonds is 14. The molecule has 2 atom stereocenters. The molecule has 0 spiro atoms. The van der Waals surface area contributed by atoms with Gasteiger partial charge in [-0.25, -0.2) is 13.2 Å². The normalized spacial score (nSPS) is 13.0. The molecule has 0 bridgehead atoms. The van der Waals surface area contributed by atoms with Crippen molar-refractivity contribution in [3.05, 3.63) is 118 Å². The number of amides is 2. The summed E-state index contributed by atoms with van der Waals surface area (Å²) in [5.74, 6) is -0.954. The Morgan fingerprint density at radius 3 is 2.02 bits per heavy atom. The fourth-order valence-electron chi connectivity index (χ4n) is 5.19. The van der Waals surface area contributed by atoms with Crippen LogP contribution >= 0.6 is 11.3 Å². The summed E-state index contributed by atoms with van der Waals surface area (Å²) in [5.41, 5.74) is 7.89. The summed E-state index contributed by atoms with van der Waals surface area (Å²) in [6.07, 6.45) is -0.742. The zero-order chi connectivity index (χ0) is 33.3. The van der Waals surface area contributed by atoms with E-state index in [1.165, 1.54) is 47.0 Å². The minimum Gasteiger partial charge on any atom is -0.453 e. The molecule has 5 N–H and O–H groups in total. The Kier molecular flexibility index (Phi) is 11.9. The van der Waals surface area contributed by atoms with E-state index in [1.807, 2.05) is 74.5 Å². The highest BCUT2D eigenvalue weighted by Crippen LogP contribution is 2.33. The third kappa shape index (κ3) is 8.52. The van der Waals surface area contributed by atoms with E-state index in [2.05, 4.69) is 10.6 Å². The van der Waals surface area contributed by atoms with Gasteiger partial charge in [0.2, 0.25) is 15.9 Å². The number of thiophene rings is 1. The molecule has 10 nitrogen and oxygen atoms in total. The van der Waals surface area contributed by atoms with Gasteiger partial charge in [-0.05, 0) is 53.4 Å². The predicted octanol–water partition coefficient (Wildman–Crippen LogP) is 4.88. The van der Waals surface area contributed by atoms with Crippen molar-refractivity contribution in [1.82, 2.24) is 14.9 Å². The van der Waals surface area contributed by atoms with Crippen LogP contribution in [0.5, 0.6) is 0 Å². The van der Waals surface area contributed by atoms with Crippen molar-refractivity contribution in [2.45, 2.75) is 43.3 Å². The fourth-order valence-corrected chi connectivity index (χ4v) is 8.07. The number of sulfonamides is 1. The van der Waals surface area contributed by atoms with E-state index >= 15 is 0 Å². The van der Waals surface area contributed by atoms with Crippen LogP contribution in [0.2, 0.25) is 0 Å². The Balaban J connectivity index is 1.59. The standard InChI is InChI=1S/C34H40N4O6S2/c1-23(2)21-38(46(42,43)28-17-14-26(35)15-18-28)29(22-39)30-19-16-27(45-30)20-36-33(40)32(37-34(41)44-3)31(24-10-6-4-7-11-24)25-12-8-5-9-13-25/h4-19,23,29,31-32,39H,20-22,35H2,1-3H3,(H,36,40)(H,37,41)/t29-,32+/m1/s1. The van der Waals surface area contributed by atoms with Gasteiger partial charge in [-0.2, -0.15) is 4.31 Å². The highest BCUT2D eigenvalue weighted by Gasteiger charge is 2.35. The van der Waals surface area contributed by atoms with Gasteiger partial charge in [0.1, 0.15) is 6.04 Å². The molecule has 4 rings (SSSR count). The van der Waals surface area contributed by atoms with Crippen LogP contribution in [-0.4, -0.2) is 56.1 Å². The molecular formula is C34H40N4O6S2. The quantitative estimate of drug-likeness (QED) is 0.140. The van der Waals surface area contributed by atoms with E-state index in [0.717, 1.165) is 16.0 Å². The minimum absolute atomic E-state index is 0.0160. The number of hydrogen-bond donors (Lipinski definition) is 4. The molecule has 0 aliphatic rings. The SMILES string of the molecule is COC(=O)N[C@H](C(=O)NCc1ccc([C@@H](CO)N(CC(C)C)S(=O)(=O)c2ccc(N)cc2)s1)C(c1ccccc1)c1ccccc1. The minimum atomic E-state index is -3.97. The molecule has 0 aliphatic heterocycles. The van der Waals surface area contributed by atoms with Crippen LogP contribution in [0.3, 0.4) is 0 Å². The molecular weight excluding hydrogens is 625 g/mol. The summed E-state index contributed by atoms with van der Waals surface area (Å²) in [6.45, 7) is 3.68. The van der Waals surface area contributed by atoms with Crippen molar-refractivity contribution in [3.8, 4) is 0 Å². The molecule has 0 radical (unpaired) electrons. The highest BCUT2D eigenvalue weighted by atomic mass is 32.2. The summed E-state index contributed by atoms with van der Waals surface area (Å²) in [6, 6.07) is 26.6. The van der Waals surface area contributed by atoms with Crippen LogP contribution < -0.4 is 16.4 Å². The molecule has 46 heavy (non-hydrogen) atoms. The van der Waals surface area contributed by atoms with Crippen LogP contribution in [-0.2, 0) is 26.1 Å². The number of hydrogen-bond acceptors (Lipinski definition) is 8. The topological polar surface area (TPSA) is 151 Å². The number of aliphatic hydroxyl groups excluding tert-OH is 1. The monoisotopic (exact) mass is 664 g/mol. The highest BCUT2D eigenvalue weighted by molar-refractivity contribution is 7.89. The summed E-state index contributed by atoms with van der Waals surface area (Å²) in [4.78, 5) is 27.7. The van der Waals surface area contributed by atoms with Gasteiger partial charge >= 0.3 is 6.09 Å². The summed E-state index contributed by atoms with van der Waals surface area (Å²) < 4.78 is 33.7. The lowest BCUT2D eigenvalue weighted by Gasteiger charge is -2.30. The number of carbonyl (C=O) groups excluding carboxylic acids is 2. The van der Waals surface area contributed by atoms with E-state index in [-0.39, 0.29) is 23.9 Å². The molecule has 4 aromatic rings. The number of alkyl carbamates (subject to hydrolysis) is 1. The molecule has 0 fully saturated rings. The van der Waals surface area contributed by atoms with E-state index < -0.39 is 46.6 Å². The smallest absolute Gasteiger partial charge is 0.407 e. The molecule has 1 aromatic heterocycles. The third-order valence-corrected chi connectivity index (χ3v) is 10.5. The number of ether oxygens (including phenoxy) is 1. The number of aliphatic hydroxyl groups is 1. The van der Waals surface area contributed by atoms with E-state index in [4.69, 9.17) is 10.5 Å². The molecule has 12 heteroatoms. The van der Waals surface area contributed by atoms with E-state index in [9.17, 15) is 23.1 Å². The van der Waals surface area contributed by atoms with Gasteiger partial charge in [0.05, 0.1) is 31.2 Å². The molecule has 0 saturated heterocycles. The second-order valence-electron chi connectivity index (χ2n) is 11.2. The van der Waals surface area contributed by atoms with Crippen molar-refractivity contribution in [3.63, 3.8) is 0 Å². The predicted molar refractivity (Wildman–Crippen MR) is 180 cm³/mol. The number of nitrogens with zero attached hydrogens (tertiary/aromatic N) is 1. The van der Waals surface area contributed by atoms with Gasteiger partial charge in [-0.3, -0.25) is 4.79 Å². The zero-order valence-electron chi connectivity index (χ0n) is 26.0. The first-order chi connectivity index (χ1) is 22.0.